The molecule has 0 bridgehead atoms. The molecule has 0 saturated heterocycles. The van der Waals surface area contributed by atoms with Gasteiger partial charge in [-0.05, 0) is 105 Å². The monoisotopic (exact) mass is 654 g/mol. The summed E-state index contributed by atoms with van der Waals surface area (Å²) in [5.74, 6) is 0. The van der Waals surface area contributed by atoms with E-state index in [1.807, 2.05) is 103 Å². The minimum Gasteiger partial charge on any atom is -0.456 e. The maximum absolute atomic E-state index is 9.51. The summed E-state index contributed by atoms with van der Waals surface area (Å²) in [5.41, 5.74) is 5.19. The van der Waals surface area contributed by atoms with Crippen LogP contribution in [-0.4, -0.2) is 0 Å². The van der Waals surface area contributed by atoms with E-state index in [0.29, 0.717) is 22.3 Å². The Morgan fingerprint density at radius 1 is 0.353 bits per heavy atom. The Hall–Kier alpha value is -6.70. The lowest BCUT2D eigenvalue weighted by Gasteiger charge is -2.19. The summed E-state index contributed by atoms with van der Waals surface area (Å²) in [5, 5.41) is 8.34. The van der Waals surface area contributed by atoms with E-state index in [9.17, 15) is 5.48 Å². The highest BCUT2D eigenvalue weighted by Crippen LogP contribution is 2.47. The zero-order valence-corrected chi connectivity index (χ0v) is 27.1. The molecule has 0 aliphatic carbocycles. The van der Waals surface area contributed by atoms with Crippen molar-refractivity contribution in [1.82, 2.24) is 0 Å². The largest absolute Gasteiger partial charge is 0.456 e. The highest BCUT2D eigenvalue weighted by molar-refractivity contribution is 6.26. The van der Waals surface area contributed by atoms with Crippen LogP contribution in [0, 0.1) is 0 Å². The van der Waals surface area contributed by atoms with E-state index in [2.05, 4.69) is 30.3 Å². The van der Waals surface area contributed by atoms with Crippen LogP contribution in [0.3, 0.4) is 0 Å². The topological polar surface area (TPSA) is 13.1 Å². The molecular weight excluding hydrogens is 617 g/mol. The van der Waals surface area contributed by atoms with Gasteiger partial charge in [0.15, 0.2) is 0 Å². The molecule has 0 amide bonds. The molecule has 1 heteroatoms. The molecule has 0 fully saturated rings. The van der Waals surface area contributed by atoms with Crippen LogP contribution in [0.15, 0.2) is 186 Å². The number of rotatable bonds is 3. The summed E-state index contributed by atoms with van der Waals surface area (Å²) < 4.78 is 79.9. The van der Waals surface area contributed by atoms with Gasteiger partial charge in [-0.1, -0.05) is 164 Å². The van der Waals surface area contributed by atoms with E-state index in [4.69, 9.17) is 9.90 Å². The molecule has 51 heavy (non-hydrogen) atoms. The first-order valence-corrected chi connectivity index (χ1v) is 16.9. The van der Waals surface area contributed by atoms with Crippen LogP contribution in [0.4, 0.5) is 0 Å². The minimum atomic E-state index is -0.430. The molecule has 0 radical (unpaired) electrons. The quantitative estimate of drug-likeness (QED) is 0.173. The molecule has 0 aliphatic heterocycles. The fraction of sp³-hybridized carbons (Fsp3) is 0. The van der Waals surface area contributed by atoms with Gasteiger partial charge in [-0.15, -0.1) is 0 Å². The molecule has 0 N–H and O–H groups in total. The molecule has 0 saturated carbocycles. The summed E-state index contributed by atoms with van der Waals surface area (Å²) in [4.78, 5) is 0. The van der Waals surface area contributed by atoms with E-state index in [1.165, 1.54) is 0 Å². The van der Waals surface area contributed by atoms with Crippen molar-refractivity contribution >= 4 is 75.8 Å². The van der Waals surface area contributed by atoms with Gasteiger partial charge in [-0.3, -0.25) is 0 Å². The first kappa shape index (κ1) is 21.4. The third-order valence-electron chi connectivity index (χ3n) is 10.3. The molecule has 1 heterocycles. The van der Waals surface area contributed by atoms with Gasteiger partial charge >= 0.3 is 0 Å². The van der Waals surface area contributed by atoms with Gasteiger partial charge in [0.2, 0.25) is 0 Å². The summed E-state index contributed by atoms with van der Waals surface area (Å²) in [6.45, 7) is 0. The van der Waals surface area contributed by atoms with Crippen molar-refractivity contribution in [3.8, 4) is 33.4 Å². The average Bonchev–Trinajstić information content (AvgIpc) is 3.67. The maximum Gasteiger partial charge on any atom is 0.136 e. The molecule has 0 aliphatic rings. The molecule has 1 nitrogen and oxygen atoms in total. The third-order valence-corrected chi connectivity index (χ3v) is 10.3. The van der Waals surface area contributed by atoms with E-state index >= 15 is 0 Å². The third kappa shape index (κ3) is 4.16. The first-order chi connectivity index (χ1) is 28.6. The molecule has 0 spiro atoms. The zero-order chi connectivity index (χ0) is 40.4. The summed E-state index contributed by atoms with van der Waals surface area (Å²) in [7, 11) is 0. The molecule has 0 atom stereocenters. The van der Waals surface area contributed by atoms with Crippen molar-refractivity contribution in [3.05, 3.63) is 182 Å². The molecule has 10 aromatic carbocycles. The van der Waals surface area contributed by atoms with Crippen molar-refractivity contribution in [1.29, 1.82) is 0 Å². The lowest BCUT2D eigenvalue weighted by Crippen LogP contribution is -1.92. The zero-order valence-electron chi connectivity index (χ0n) is 35.1. The molecule has 1 aromatic heterocycles. The average molecular weight is 655 g/mol. The fourth-order valence-corrected chi connectivity index (χ4v) is 8.10. The van der Waals surface area contributed by atoms with Crippen LogP contribution in [0.2, 0.25) is 0 Å². The van der Waals surface area contributed by atoms with Crippen molar-refractivity contribution in [2.24, 2.45) is 0 Å². The molecular formula is C50H30O. The predicted octanol–water partition coefficient (Wildman–Crippen LogP) is 14.4. The molecule has 0 unspecified atom stereocenters. The van der Waals surface area contributed by atoms with Gasteiger partial charge < -0.3 is 4.42 Å². The minimum absolute atomic E-state index is 0.184. The molecule has 11 rings (SSSR count). The second-order valence-electron chi connectivity index (χ2n) is 13.0. The second kappa shape index (κ2) is 10.9. The van der Waals surface area contributed by atoms with E-state index in [0.717, 1.165) is 65.4 Å². The second-order valence-corrected chi connectivity index (χ2v) is 13.0. The molecule has 11 aromatic rings. The van der Waals surface area contributed by atoms with Gasteiger partial charge in [0.25, 0.3) is 0 Å². The first-order valence-electron chi connectivity index (χ1n) is 20.9. The number of benzene rings is 10. The standard InChI is InChI=1S/C50H30O/c1-2-14-33-30-34(27-26-31(33)12-1)47-41-16-5-7-18-43(41)48(44-19-8-6-17-42(44)47)39-23-10-20-36-37(39)21-9-22-38(36)40-24-11-25-45-50(40)49-35-15-4-3-13-32(35)28-29-46(49)51-45/h1-30H/i5D,6D,7D,8D,16D,17D,18D,19D. The highest BCUT2D eigenvalue weighted by atomic mass is 16.3. The molecule has 236 valence electrons. The van der Waals surface area contributed by atoms with Gasteiger partial charge in [0, 0.05) is 10.8 Å². The van der Waals surface area contributed by atoms with Crippen LogP contribution < -0.4 is 0 Å². The maximum atomic E-state index is 9.51. The SMILES string of the molecule is [2H]c1c([2H])c([2H])c2c(-c3cccc4c(-c5cccc6oc7ccc8ccccc8c7c56)cccc34)c3c([2H])c([2H])c([2H])c([2H])c3c(-c3ccc4ccccc4c3)c2c1[2H]. The van der Waals surface area contributed by atoms with Gasteiger partial charge in [-0.2, -0.15) is 0 Å². The Balaban J connectivity index is 1.31. The predicted molar refractivity (Wildman–Crippen MR) is 218 cm³/mol. The lowest BCUT2D eigenvalue weighted by atomic mass is 9.83. The van der Waals surface area contributed by atoms with Crippen LogP contribution in [0.25, 0.3) is 109 Å². The van der Waals surface area contributed by atoms with Crippen molar-refractivity contribution in [2.75, 3.05) is 0 Å². The lowest BCUT2D eigenvalue weighted by molar-refractivity contribution is 0.669. The van der Waals surface area contributed by atoms with E-state index in [1.54, 1.807) is 0 Å². The fourth-order valence-electron chi connectivity index (χ4n) is 8.10. The van der Waals surface area contributed by atoms with Gasteiger partial charge in [-0.25, -0.2) is 0 Å². The highest BCUT2D eigenvalue weighted by Gasteiger charge is 2.20. The summed E-state index contributed by atoms with van der Waals surface area (Å²) in [6.07, 6.45) is 0. The Kier molecular flexibility index (Phi) is 4.57. The Morgan fingerprint density at radius 2 is 0.902 bits per heavy atom. The number of hydrogen-bond acceptors (Lipinski definition) is 1. The number of fused-ring (bicyclic) bond motifs is 9. The smallest absolute Gasteiger partial charge is 0.136 e. The van der Waals surface area contributed by atoms with Crippen molar-refractivity contribution in [3.63, 3.8) is 0 Å². The van der Waals surface area contributed by atoms with Crippen molar-refractivity contribution in [2.45, 2.75) is 0 Å². The normalized spacial score (nSPS) is 14.1. The Bertz CT molecular complexity index is 3580. The summed E-state index contributed by atoms with van der Waals surface area (Å²) in [6, 6.07) is 40.7. The van der Waals surface area contributed by atoms with Crippen LogP contribution in [0.1, 0.15) is 11.0 Å². The number of furan rings is 1. The summed E-state index contributed by atoms with van der Waals surface area (Å²) >= 11 is 0. The number of hydrogen-bond donors (Lipinski definition) is 0. The van der Waals surface area contributed by atoms with Crippen molar-refractivity contribution < 1.29 is 15.4 Å². The van der Waals surface area contributed by atoms with E-state index < -0.39 is 24.2 Å². The van der Waals surface area contributed by atoms with Gasteiger partial charge in [0.1, 0.15) is 11.2 Å². The Morgan fingerprint density at radius 3 is 1.67 bits per heavy atom. The Labute approximate surface area is 305 Å². The van der Waals surface area contributed by atoms with Crippen LogP contribution >= 0.6 is 0 Å². The van der Waals surface area contributed by atoms with Gasteiger partial charge in [0.05, 0.1) is 11.0 Å². The van der Waals surface area contributed by atoms with Crippen LogP contribution in [0.5, 0.6) is 0 Å². The van der Waals surface area contributed by atoms with Crippen LogP contribution in [-0.2, 0) is 0 Å². The van der Waals surface area contributed by atoms with E-state index in [-0.39, 0.29) is 45.7 Å².